The quantitative estimate of drug-likeness (QED) is 0.758. The van der Waals surface area contributed by atoms with Crippen molar-refractivity contribution >= 4 is 22.9 Å². The molecule has 0 unspecified atom stereocenters. The third-order valence-corrected chi connectivity index (χ3v) is 5.43. The number of piperidine rings is 1. The number of nitrogens with zero attached hydrogens (tertiary/aromatic N) is 5. The van der Waals surface area contributed by atoms with Gasteiger partial charge in [-0.25, -0.2) is 15.0 Å². The van der Waals surface area contributed by atoms with Gasteiger partial charge in [0.15, 0.2) is 0 Å². The van der Waals surface area contributed by atoms with E-state index >= 15 is 0 Å². The molecule has 0 radical (unpaired) electrons. The molecule has 2 aromatic heterocycles. The van der Waals surface area contributed by atoms with Crippen LogP contribution < -0.4 is 4.90 Å². The first-order valence-corrected chi connectivity index (χ1v) is 9.69. The lowest BCUT2D eigenvalue weighted by atomic mass is 9.96. The van der Waals surface area contributed by atoms with Gasteiger partial charge in [-0.15, -0.1) is 0 Å². The molecule has 1 saturated heterocycles. The third-order valence-electron chi connectivity index (χ3n) is 5.43. The molecule has 0 bridgehead atoms. The lowest BCUT2D eigenvalue weighted by Crippen LogP contribution is -2.39. The second-order valence-electron chi connectivity index (χ2n) is 7.75. The molecular weight excluding hydrogens is 352 g/mol. The van der Waals surface area contributed by atoms with Crippen LogP contribution in [0.4, 0.5) is 5.95 Å². The van der Waals surface area contributed by atoms with Gasteiger partial charge in [-0.1, -0.05) is 12.1 Å². The number of aromatic nitrogens is 4. The van der Waals surface area contributed by atoms with Crippen LogP contribution in [0.5, 0.6) is 0 Å². The van der Waals surface area contributed by atoms with Gasteiger partial charge in [-0.3, -0.25) is 4.79 Å². The second-order valence-corrected chi connectivity index (χ2v) is 7.75. The average Bonchev–Trinajstić information content (AvgIpc) is 3.13. The number of imidazole rings is 1. The number of nitrogens with one attached hydrogen (secondary N) is 1. The zero-order valence-electron chi connectivity index (χ0n) is 16.9. The standard InChI is InChI=1S/C21H26N6O/c1-13-7-5-9-17-18(13)25-19(24-17)15-8-6-10-27(12-15)20(28)16-11-22-21(26(3)4)23-14(16)2/h5,7,9,11,15H,6,8,10,12H2,1-4H3,(H,24,25)/t15-/m0/s1. The van der Waals surface area contributed by atoms with Gasteiger partial charge in [-0.2, -0.15) is 0 Å². The minimum Gasteiger partial charge on any atom is -0.347 e. The number of aromatic amines is 1. The molecule has 0 aliphatic carbocycles. The van der Waals surface area contributed by atoms with Crippen molar-refractivity contribution in [2.24, 2.45) is 0 Å². The number of likely N-dealkylation sites (tertiary alicyclic amines) is 1. The first kappa shape index (κ1) is 18.4. The van der Waals surface area contributed by atoms with Crippen LogP contribution in [0.1, 0.15) is 46.2 Å². The molecular formula is C21H26N6O. The maximum absolute atomic E-state index is 13.1. The Balaban J connectivity index is 1.56. The van der Waals surface area contributed by atoms with E-state index in [0.29, 0.717) is 23.8 Å². The van der Waals surface area contributed by atoms with E-state index in [1.807, 2.05) is 36.9 Å². The van der Waals surface area contributed by atoms with Crippen LogP contribution in [0.3, 0.4) is 0 Å². The molecule has 0 saturated carbocycles. The number of carbonyl (C=O) groups is 1. The van der Waals surface area contributed by atoms with Crippen LogP contribution in [-0.4, -0.2) is 57.9 Å². The summed E-state index contributed by atoms with van der Waals surface area (Å²) in [6, 6.07) is 6.16. The summed E-state index contributed by atoms with van der Waals surface area (Å²) < 4.78 is 0. The third kappa shape index (κ3) is 3.32. The highest BCUT2D eigenvalue weighted by molar-refractivity contribution is 5.95. The fourth-order valence-corrected chi connectivity index (χ4v) is 3.82. The zero-order valence-corrected chi connectivity index (χ0v) is 16.9. The second kappa shape index (κ2) is 7.22. The van der Waals surface area contributed by atoms with Crippen molar-refractivity contribution in [1.29, 1.82) is 0 Å². The molecule has 7 heteroatoms. The fraction of sp³-hybridized carbons (Fsp3) is 0.429. The van der Waals surface area contributed by atoms with E-state index in [0.717, 1.165) is 41.8 Å². The number of carbonyl (C=O) groups excluding carboxylic acids is 1. The maximum atomic E-state index is 13.1. The van der Waals surface area contributed by atoms with Crippen LogP contribution in [0.25, 0.3) is 11.0 Å². The lowest BCUT2D eigenvalue weighted by molar-refractivity contribution is 0.0703. The molecule has 3 heterocycles. The Morgan fingerprint density at radius 1 is 1.25 bits per heavy atom. The van der Waals surface area contributed by atoms with E-state index < -0.39 is 0 Å². The minimum absolute atomic E-state index is 0.000187. The molecule has 1 N–H and O–H groups in total. The predicted octanol–water partition coefficient (Wildman–Crippen LogP) is 3.06. The molecule has 0 spiro atoms. The first-order chi connectivity index (χ1) is 13.4. The Labute approximate surface area is 164 Å². The number of benzene rings is 1. The van der Waals surface area contributed by atoms with Crippen molar-refractivity contribution < 1.29 is 4.79 Å². The summed E-state index contributed by atoms with van der Waals surface area (Å²) in [5.74, 6) is 1.80. The van der Waals surface area contributed by atoms with Crippen molar-refractivity contribution in [3.8, 4) is 0 Å². The number of aryl methyl sites for hydroxylation is 2. The van der Waals surface area contributed by atoms with Gasteiger partial charge in [0.2, 0.25) is 5.95 Å². The van der Waals surface area contributed by atoms with Gasteiger partial charge < -0.3 is 14.8 Å². The summed E-state index contributed by atoms with van der Waals surface area (Å²) in [5.41, 5.74) is 4.53. The average molecular weight is 378 g/mol. The molecule has 28 heavy (non-hydrogen) atoms. The number of hydrogen-bond acceptors (Lipinski definition) is 5. The summed E-state index contributed by atoms with van der Waals surface area (Å²) in [6.07, 6.45) is 3.63. The predicted molar refractivity (Wildman–Crippen MR) is 110 cm³/mol. The Bertz CT molecular complexity index is 1020. The molecule has 146 valence electrons. The molecule has 1 aliphatic rings. The number of para-hydroxylation sites is 1. The molecule has 1 amide bonds. The van der Waals surface area contributed by atoms with Crippen LogP contribution in [0.2, 0.25) is 0 Å². The van der Waals surface area contributed by atoms with Gasteiger partial charge in [0, 0.05) is 39.3 Å². The van der Waals surface area contributed by atoms with Crippen molar-refractivity contribution in [2.45, 2.75) is 32.6 Å². The van der Waals surface area contributed by atoms with E-state index in [9.17, 15) is 4.79 Å². The Hall–Kier alpha value is -2.96. The summed E-state index contributed by atoms with van der Waals surface area (Å²) >= 11 is 0. The number of anilines is 1. The molecule has 1 fully saturated rings. The van der Waals surface area contributed by atoms with E-state index in [1.54, 1.807) is 6.20 Å². The van der Waals surface area contributed by atoms with Crippen molar-refractivity contribution in [3.05, 3.63) is 47.0 Å². The summed E-state index contributed by atoms with van der Waals surface area (Å²) in [7, 11) is 3.78. The Morgan fingerprint density at radius 2 is 2.07 bits per heavy atom. The van der Waals surface area contributed by atoms with Crippen molar-refractivity contribution in [2.75, 3.05) is 32.1 Å². The highest BCUT2D eigenvalue weighted by atomic mass is 16.2. The van der Waals surface area contributed by atoms with Gasteiger partial charge in [0.05, 0.1) is 22.3 Å². The molecule has 4 rings (SSSR count). The summed E-state index contributed by atoms with van der Waals surface area (Å²) in [5, 5.41) is 0. The number of H-pyrrole nitrogens is 1. The molecule has 1 atom stereocenters. The SMILES string of the molecule is Cc1nc(N(C)C)ncc1C(=O)N1CCC[C@H](c2nc3c(C)cccc3[nH]2)C1. The Morgan fingerprint density at radius 3 is 2.79 bits per heavy atom. The van der Waals surface area contributed by atoms with E-state index in [-0.39, 0.29) is 11.8 Å². The summed E-state index contributed by atoms with van der Waals surface area (Å²) in [6.45, 7) is 5.35. The lowest BCUT2D eigenvalue weighted by Gasteiger charge is -2.32. The first-order valence-electron chi connectivity index (χ1n) is 9.69. The van der Waals surface area contributed by atoms with Gasteiger partial charge in [0.1, 0.15) is 5.82 Å². The highest BCUT2D eigenvalue weighted by Crippen LogP contribution is 2.28. The smallest absolute Gasteiger partial charge is 0.257 e. The fourth-order valence-electron chi connectivity index (χ4n) is 3.82. The highest BCUT2D eigenvalue weighted by Gasteiger charge is 2.28. The molecule has 1 aromatic carbocycles. The van der Waals surface area contributed by atoms with Gasteiger partial charge >= 0.3 is 0 Å². The normalized spacial score (nSPS) is 17.1. The number of rotatable bonds is 3. The van der Waals surface area contributed by atoms with E-state index in [2.05, 4.69) is 34.0 Å². The van der Waals surface area contributed by atoms with E-state index in [4.69, 9.17) is 4.98 Å². The summed E-state index contributed by atoms with van der Waals surface area (Å²) in [4.78, 5) is 33.9. The van der Waals surface area contributed by atoms with Crippen LogP contribution in [0, 0.1) is 13.8 Å². The molecule has 1 aliphatic heterocycles. The van der Waals surface area contributed by atoms with Crippen molar-refractivity contribution in [3.63, 3.8) is 0 Å². The Kier molecular flexibility index (Phi) is 4.75. The maximum Gasteiger partial charge on any atom is 0.257 e. The molecule has 3 aromatic rings. The zero-order chi connectivity index (χ0) is 19.8. The number of amides is 1. The van der Waals surface area contributed by atoms with Gasteiger partial charge in [-0.05, 0) is 38.3 Å². The monoisotopic (exact) mass is 378 g/mol. The van der Waals surface area contributed by atoms with Gasteiger partial charge in [0.25, 0.3) is 5.91 Å². The van der Waals surface area contributed by atoms with Crippen molar-refractivity contribution in [1.82, 2.24) is 24.8 Å². The largest absolute Gasteiger partial charge is 0.347 e. The number of fused-ring (bicyclic) bond motifs is 1. The topological polar surface area (TPSA) is 78.0 Å². The van der Waals surface area contributed by atoms with Crippen LogP contribution >= 0.6 is 0 Å². The van der Waals surface area contributed by atoms with E-state index in [1.165, 1.54) is 0 Å². The van der Waals surface area contributed by atoms with Crippen LogP contribution in [-0.2, 0) is 0 Å². The molecule has 7 nitrogen and oxygen atoms in total. The number of hydrogen-bond donors (Lipinski definition) is 1. The van der Waals surface area contributed by atoms with Crippen LogP contribution in [0.15, 0.2) is 24.4 Å². The minimum atomic E-state index is -0.000187.